The normalized spacial score (nSPS) is 55.4. The van der Waals surface area contributed by atoms with E-state index in [9.17, 15) is 107 Å². The molecule has 0 bridgehead atoms. The van der Waals surface area contributed by atoms with E-state index in [0.717, 1.165) is 5.57 Å². The van der Waals surface area contributed by atoms with Crippen LogP contribution in [0.25, 0.3) is 0 Å². The van der Waals surface area contributed by atoms with Crippen LogP contribution >= 0.6 is 0 Å². The Morgan fingerprint density at radius 2 is 0.991 bits per heavy atom. The molecule has 0 aromatic heterocycles. The molecule has 13 rings (SSSR count). The van der Waals surface area contributed by atoms with Crippen molar-refractivity contribution in [3.63, 3.8) is 0 Å². The van der Waals surface area contributed by atoms with Crippen LogP contribution in [0, 0.1) is 50.2 Å². The summed E-state index contributed by atoms with van der Waals surface area (Å²) in [4.78, 5) is 16.2. The van der Waals surface area contributed by atoms with Crippen LogP contribution in [-0.2, 0) is 80.6 Å². The van der Waals surface area contributed by atoms with Gasteiger partial charge in [-0.05, 0) is 110 Å². The minimum atomic E-state index is -2.31. The summed E-state index contributed by atoms with van der Waals surface area (Å²) in [5.74, 6) is -2.03. The summed E-state index contributed by atoms with van der Waals surface area (Å²) in [7, 11) is 0. The molecule has 8 aliphatic heterocycles. The first-order chi connectivity index (χ1) is 52.0. The molecule has 12 fully saturated rings. The SMILES string of the molecule is C[C@@H]1O[C@@H](O[C@@H]2[C@@H](O[C@@H]3O[C@@H](C)[C@H](O[C@@H]4OC[C@H](O)[C@H](O[C@@H]5OC[C@@H](O)[C@H](O)[C@H]5O)[C@H]4O)[C@@H](O[C@@H]4OC[C@](O)(CO)[C@H]4O)[C@H]3O)[C@H](OC(=O)[C@]34CCC(C)(C)C[C@H]3C3=CCC5[C@@]6(C)C[C@H](O)[C@H](O[C@@H]7O[C@H](CO[C@@H]8OC[C@H](O)[C@H](O)[C@H]8O)[C@@H](O)[C@H](O)[C@H]7O)C(C)(C)C6CC[C@@]5(C)[C@]3(C)C[C@H]4O)OC[C@H]2O)[C@H](O)[C@H](O)[C@H]1O. The third-order valence-electron chi connectivity index (χ3n) is 27.9. The Morgan fingerprint density at radius 3 is 1.64 bits per heavy atom. The maximum absolute atomic E-state index is 16.2. The van der Waals surface area contributed by atoms with Gasteiger partial charge in [0.05, 0.1) is 76.8 Å². The highest BCUT2D eigenvalue weighted by molar-refractivity contribution is 5.80. The van der Waals surface area contributed by atoms with Crippen LogP contribution in [-0.4, -0.2) is 386 Å². The molecule has 0 amide bonds. The molecule has 5 aliphatic carbocycles. The van der Waals surface area contributed by atoms with Crippen molar-refractivity contribution in [2.75, 3.05) is 46.2 Å². The molecule has 38 nitrogen and oxygen atoms in total. The van der Waals surface area contributed by atoms with Crippen LogP contribution in [0.3, 0.4) is 0 Å². The predicted octanol–water partition coefficient (Wildman–Crippen LogP) is -7.54. The van der Waals surface area contributed by atoms with Crippen molar-refractivity contribution in [2.45, 2.75) is 341 Å². The Hall–Kier alpha value is -2.23. The molecule has 2 unspecified atom stereocenters. The summed E-state index contributed by atoms with van der Waals surface area (Å²) >= 11 is 0. The number of ether oxygens (including phenoxy) is 16. The van der Waals surface area contributed by atoms with Crippen LogP contribution in [0.4, 0.5) is 0 Å². The van der Waals surface area contributed by atoms with E-state index >= 15 is 4.79 Å². The van der Waals surface area contributed by atoms with Gasteiger partial charge in [0.25, 0.3) is 0 Å². The van der Waals surface area contributed by atoms with Gasteiger partial charge in [0, 0.05) is 0 Å². The molecular weight excluding hydrogens is 1480 g/mol. The van der Waals surface area contributed by atoms with Crippen molar-refractivity contribution in [3.8, 4) is 0 Å². The number of rotatable bonds is 18. The van der Waals surface area contributed by atoms with E-state index in [2.05, 4.69) is 40.7 Å². The van der Waals surface area contributed by atoms with Gasteiger partial charge in [0.15, 0.2) is 50.1 Å². The van der Waals surface area contributed by atoms with Gasteiger partial charge in [-0.1, -0.05) is 60.1 Å². The second-order valence-corrected chi connectivity index (χ2v) is 35.7. The molecule has 0 radical (unpaired) electrons. The van der Waals surface area contributed by atoms with Crippen molar-refractivity contribution in [1.82, 2.24) is 0 Å². The zero-order chi connectivity index (χ0) is 80.8. The first-order valence-corrected chi connectivity index (χ1v) is 38.8. The molecule has 0 aromatic rings. The number of hydrogen-bond acceptors (Lipinski definition) is 38. The highest BCUT2D eigenvalue weighted by Gasteiger charge is 2.73. The number of hydrogen-bond donors (Lipinski definition) is 21. The van der Waals surface area contributed by atoms with Gasteiger partial charge in [-0.15, -0.1) is 0 Å². The smallest absolute Gasteiger partial charge is 0.317 e. The van der Waals surface area contributed by atoms with Crippen molar-refractivity contribution in [1.29, 1.82) is 0 Å². The highest BCUT2D eigenvalue weighted by Crippen LogP contribution is 2.76. The van der Waals surface area contributed by atoms with Crippen LogP contribution in [0.2, 0.25) is 0 Å². The van der Waals surface area contributed by atoms with Crippen molar-refractivity contribution < 1.29 is 188 Å². The second-order valence-electron chi connectivity index (χ2n) is 35.7. The summed E-state index contributed by atoms with van der Waals surface area (Å²) in [6.07, 6.45) is -56.6. The van der Waals surface area contributed by atoms with Gasteiger partial charge in [-0.2, -0.15) is 0 Å². The maximum Gasteiger partial charge on any atom is 0.317 e. The summed E-state index contributed by atoms with van der Waals surface area (Å²) < 4.78 is 96.7. The number of carbonyl (C=O) groups excluding carboxylic acids is 1. The molecule has 38 heteroatoms. The predicted molar refractivity (Wildman–Crippen MR) is 363 cm³/mol. The highest BCUT2D eigenvalue weighted by atomic mass is 16.8. The van der Waals surface area contributed by atoms with Crippen molar-refractivity contribution in [3.05, 3.63) is 11.6 Å². The second kappa shape index (κ2) is 32.4. The fraction of sp³-hybridized carbons (Fsp3) is 0.959. The van der Waals surface area contributed by atoms with E-state index in [-0.39, 0.29) is 37.7 Å². The lowest BCUT2D eigenvalue weighted by molar-refractivity contribution is -0.394. The number of carbonyl (C=O) groups is 1. The van der Waals surface area contributed by atoms with Crippen LogP contribution in [0.15, 0.2) is 11.6 Å². The molecule has 0 spiro atoms. The van der Waals surface area contributed by atoms with Crippen molar-refractivity contribution in [2.24, 2.45) is 50.2 Å². The Labute approximate surface area is 640 Å². The minimum Gasteiger partial charge on any atom is -0.432 e. The topological polar surface area (TPSA) is 590 Å². The van der Waals surface area contributed by atoms with Gasteiger partial charge in [-0.3, -0.25) is 4.79 Å². The van der Waals surface area contributed by atoms with Gasteiger partial charge >= 0.3 is 5.97 Å². The first-order valence-electron chi connectivity index (χ1n) is 38.8. The van der Waals surface area contributed by atoms with Crippen LogP contribution in [0.1, 0.15) is 114 Å². The molecule has 111 heavy (non-hydrogen) atoms. The molecule has 4 saturated carbocycles. The van der Waals surface area contributed by atoms with E-state index in [1.807, 2.05) is 13.8 Å². The van der Waals surface area contributed by atoms with E-state index in [4.69, 9.17) is 75.8 Å². The number of aliphatic hydroxyl groups excluding tert-OH is 20. The van der Waals surface area contributed by atoms with E-state index in [1.165, 1.54) is 13.8 Å². The van der Waals surface area contributed by atoms with E-state index < -0.39 is 311 Å². The average molecular weight is 1600 g/mol. The molecule has 13 aliphatic rings. The molecule has 44 atom stereocenters. The quantitative estimate of drug-likeness (QED) is 0.0344. The lowest BCUT2D eigenvalue weighted by atomic mass is 9.33. The lowest BCUT2D eigenvalue weighted by Crippen LogP contribution is -2.70. The fourth-order valence-corrected chi connectivity index (χ4v) is 21.1. The molecule has 8 saturated heterocycles. The number of fused-ring (bicyclic) bond motifs is 7. The minimum absolute atomic E-state index is 0.0317. The molecule has 21 N–H and O–H groups in total. The van der Waals surface area contributed by atoms with Gasteiger partial charge in [0.1, 0.15) is 145 Å². The maximum atomic E-state index is 16.2. The Bertz CT molecular complexity index is 3220. The van der Waals surface area contributed by atoms with Gasteiger partial charge in [-0.25, -0.2) is 0 Å². The van der Waals surface area contributed by atoms with Crippen molar-refractivity contribution >= 4 is 5.97 Å². The third-order valence-corrected chi connectivity index (χ3v) is 27.9. The number of allylic oxidation sites excluding steroid dienone is 2. The number of esters is 1. The first kappa shape index (κ1) is 86.6. The molecule has 0 aromatic carbocycles. The Morgan fingerprint density at radius 1 is 0.468 bits per heavy atom. The summed E-state index contributed by atoms with van der Waals surface area (Å²) in [6, 6.07) is 0. The van der Waals surface area contributed by atoms with Crippen LogP contribution < -0.4 is 0 Å². The largest absolute Gasteiger partial charge is 0.432 e. The van der Waals surface area contributed by atoms with Gasteiger partial charge in [0.2, 0.25) is 6.29 Å². The standard InChI is InChI=1S/C73H118O38/c1-26-39(81)43(85)47(89)61(102-26)107-53-34(79)22-99-64(55(53)109-63-50(92)54(108-65-56(93)72(95,24-74)25-101-65)51(27(2)103-63)105-60-49(91)52(33(78)21-98-60)106-59-46(88)41(83)32(77)20-97-59)111-66(94)73-15-14-67(3,4)16-29(73)28-10-11-37-69(7)17-30(75)57(68(5,6)36(69)12-13-70(37,8)71(28,9)18-38(73)80)110-62-48(90)44(86)42(84)35(104-62)23-100-58-45(87)40(82)31(76)19-96-58/h10,26-27,29-65,74-93,95H,11-25H2,1-9H3/t26-,27-,29-,30-,31-,32+,33-,34+,35+,36?,37?,38+,39-,40-,41-,42+,43+,44-,45+,46+,47+,48+,49+,50+,51-,52-,53-,54-,55+,56-,57-,58-,59-,60-,61-,62-,63-,64-,65-,69-,70+,71+,72+,73+/m0/s1. The zero-order valence-electron chi connectivity index (χ0n) is 63.5. The van der Waals surface area contributed by atoms with E-state index in [1.54, 1.807) is 0 Å². The zero-order valence-corrected chi connectivity index (χ0v) is 63.5. The number of aliphatic hydroxyl groups is 21. The lowest BCUT2D eigenvalue weighted by Gasteiger charge is -2.72. The molecule has 638 valence electrons. The van der Waals surface area contributed by atoms with Crippen LogP contribution in [0.5, 0.6) is 0 Å². The average Bonchev–Trinajstić information content (AvgIpc) is 0.870. The fourth-order valence-electron chi connectivity index (χ4n) is 21.1. The summed E-state index contributed by atoms with van der Waals surface area (Å²) in [6.45, 7) is 12.9. The summed E-state index contributed by atoms with van der Waals surface area (Å²) in [5.41, 5.74) is -6.57. The summed E-state index contributed by atoms with van der Waals surface area (Å²) in [5, 5.41) is 235. The Kier molecular flexibility index (Phi) is 25.3. The molecule has 8 heterocycles. The van der Waals surface area contributed by atoms with Gasteiger partial charge < -0.3 is 183 Å². The Balaban J connectivity index is 0.775. The monoisotopic (exact) mass is 1600 g/mol. The third kappa shape index (κ3) is 15.2. The molecular formula is C73H118O38. The van der Waals surface area contributed by atoms with E-state index in [0.29, 0.717) is 32.1 Å².